The third-order valence-corrected chi connectivity index (χ3v) is 6.90. The molecule has 1 aromatic carbocycles. The Bertz CT molecular complexity index is 555. The van der Waals surface area contributed by atoms with E-state index in [1.807, 2.05) is 0 Å². The topological polar surface area (TPSA) is 32.7 Å². The normalized spacial score (nSPS) is 35.9. The number of hydrogen-bond acceptors (Lipinski definition) is 3. The predicted octanol–water partition coefficient (Wildman–Crippen LogP) is 4.06. The first-order valence-corrected chi connectivity index (χ1v) is 9.44. The Hall–Kier alpha value is -1.06. The lowest BCUT2D eigenvalue weighted by Gasteiger charge is -2.49. The van der Waals surface area contributed by atoms with Crippen molar-refractivity contribution in [3.8, 4) is 5.75 Å². The van der Waals surface area contributed by atoms with Crippen LogP contribution in [0.2, 0.25) is 0 Å². The average molecular weight is 332 g/mol. The monoisotopic (exact) mass is 331 g/mol. The number of rotatable bonds is 5. The van der Waals surface area contributed by atoms with E-state index in [1.54, 1.807) is 0 Å². The fourth-order valence-corrected chi connectivity index (χ4v) is 4.78. The minimum atomic E-state index is -0.476. The highest BCUT2D eigenvalue weighted by Gasteiger charge is 2.57. The van der Waals surface area contributed by atoms with Crippen molar-refractivity contribution in [1.29, 1.82) is 0 Å². The highest BCUT2D eigenvalue weighted by Crippen LogP contribution is 2.60. The average Bonchev–Trinajstić information content (AvgIpc) is 2.78. The maximum absolute atomic E-state index is 11.3. The van der Waals surface area contributed by atoms with Gasteiger partial charge in [0.15, 0.2) is 0 Å². The zero-order chi connectivity index (χ0) is 17.4. The second kappa shape index (κ2) is 6.68. The fourth-order valence-electron chi connectivity index (χ4n) is 4.78. The smallest absolute Gasteiger partial charge is 0.119 e. The molecule has 0 spiro atoms. The van der Waals surface area contributed by atoms with Crippen LogP contribution in [-0.2, 0) is 0 Å². The van der Waals surface area contributed by atoms with Crippen LogP contribution in [0.5, 0.6) is 5.75 Å². The SMILES string of the molecule is CC1CCC2(O)CC(c3ccc(OCCN(C)C)cc3)CCC12C. The van der Waals surface area contributed by atoms with Gasteiger partial charge in [-0.3, -0.25) is 0 Å². The van der Waals surface area contributed by atoms with E-state index in [0.29, 0.717) is 18.4 Å². The zero-order valence-electron chi connectivity index (χ0n) is 15.7. The second-order valence-corrected chi connectivity index (χ2v) is 8.55. The van der Waals surface area contributed by atoms with Gasteiger partial charge >= 0.3 is 0 Å². The number of likely N-dealkylation sites (N-methyl/N-ethyl adjacent to an activating group) is 1. The molecule has 3 heteroatoms. The first-order valence-electron chi connectivity index (χ1n) is 9.44. The van der Waals surface area contributed by atoms with E-state index < -0.39 is 5.60 Å². The minimum absolute atomic E-state index is 0.110. The number of benzene rings is 1. The van der Waals surface area contributed by atoms with Crippen molar-refractivity contribution in [2.24, 2.45) is 11.3 Å². The van der Waals surface area contributed by atoms with Gasteiger partial charge < -0.3 is 14.7 Å². The van der Waals surface area contributed by atoms with Gasteiger partial charge in [0.25, 0.3) is 0 Å². The third kappa shape index (κ3) is 3.21. The molecule has 0 amide bonds. The number of fused-ring (bicyclic) bond motifs is 1. The van der Waals surface area contributed by atoms with E-state index in [9.17, 15) is 5.11 Å². The third-order valence-electron chi connectivity index (χ3n) is 6.90. The van der Waals surface area contributed by atoms with Gasteiger partial charge in [-0.25, -0.2) is 0 Å². The van der Waals surface area contributed by atoms with Crippen molar-refractivity contribution in [3.63, 3.8) is 0 Å². The lowest BCUT2D eigenvalue weighted by atomic mass is 9.59. The molecule has 134 valence electrons. The summed E-state index contributed by atoms with van der Waals surface area (Å²) < 4.78 is 5.79. The summed E-state index contributed by atoms with van der Waals surface area (Å²) >= 11 is 0. The summed E-state index contributed by atoms with van der Waals surface area (Å²) in [5, 5.41) is 11.3. The molecule has 3 nitrogen and oxygen atoms in total. The van der Waals surface area contributed by atoms with Crippen LogP contribution in [-0.4, -0.2) is 42.9 Å². The van der Waals surface area contributed by atoms with E-state index in [0.717, 1.165) is 31.6 Å². The number of hydrogen-bond donors (Lipinski definition) is 1. The Morgan fingerprint density at radius 1 is 1.17 bits per heavy atom. The number of ether oxygens (including phenoxy) is 1. The summed E-state index contributed by atoms with van der Waals surface area (Å²) in [5.74, 6) is 2.05. The summed E-state index contributed by atoms with van der Waals surface area (Å²) in [6.45, 7) is 6.26. The lowest BCUT2D eigenvalue weighted by Crippen LogP contribution is -2.48. The van der Waals surface area contributed by atoms with Crippen LogP contribution in [0.15, 0.2) is 24.3 Å². The summed E-state index contributed by atoms with van der Waals surface area (Å²) in [4.78, 5) is 2.12. The highest BCUT2D eigenvalue weighted by atomic mass is 16.5. The van der Waals surface area contributed by atoms with Gasteiger partial charge in [0.05, 0.1) is 5.60 Å². The van der Waals surface area contributed by atoms with Crippen molar-refractivity contribution in [2.75, 3.05) is 27.2 Å². The van der Waals surface area contributed by atoms with Gasteiger partial charge in [0.2, 0.25) is 0 Å². The molecule has 0 aliphatic heterocycles. The van der Waals surface area contributed by atoms with Crippen molar-refractivity contribution < 1.29 is 9.84 Å². The van der Waals surface area contributed by atoms with E-state index >= 15 is 0 Å². The first-order chi connectivity index (χ1) is 11.3. The maximum Gasteiger partial charge on any atom is 0.119 e. The molecule has 4 unspecified atom stereocenters. The van der Waals surface area contributed by atoms with Gasteiger partial charge in [-0.05, 0) is 81.1 Å². The van der Waals surface area contributed by atoms with Crippen LogP contribution >= 0.6 is 0 Å². The molecule has 24 heavy (non-hydrogen) atoms. The van der Waals surface area contributed by atoms with Crippen molar-refractivity contribution in [1.82, 2.24) is 4.90 Å². The lowest BCUT2D eigenvalue weighted by molar-refractivity contribution is -0.102. The van der Waals surface area contributed by atoms with Gasteiger partial charge in [-0.15, -0.1) is 0 Å². The minimum Gasteiger partial charge on any atom is -0.492 e. The van der Waals surface area contributed by atoms with E-state index in [2.05, 4.69) is 57.1 Å². The molecule has 0 bridgehead atoms. The standard InChI is InChI=1S/C21H33NO2/c1-16-9-12-21(23)15-18(10-11-20(16,21)2)17-5-7-19(8-6-17)24-14-13-22(3)4/h5-8,16,18,23H,9-15H2,1-4H3. The molecule has 0 saturated heterocycles. The molecule has 4 atom stereocenters. The maximum atomic E-state index is 11.3. The quantitative estimate of drug-likeness (QED) is 0.883. The Balaban J connectivity index is 1.64. The summed E-state index contributed by atoms with van der Waals surface area (Å²) in [6.07, 6.45) is 5.36. The Kier molecular flexibility index (Phi) is 4.94. The molecular weight excluding hydrogens is 298 g/mol. The van der Waals surface area contributed by atoms with Crippen molar-refractivity contribution >= 4 is 0 Å². The van der Waals surface area contributed by atoms with Crippen LogP contribution in [0.1, 0.15) is 57.4 Å². The predicted molar refractivity (Wildman–Crippen MR) is 98.5 cm³/mol. The highest BCUT2D eigenvalue weighted by molar-refractivity contribution is 5.31. The van der Waals surface area contributed by atoms with Gasteiger partial charge in [0.1, 0.15) is 12.4 Å². The van der Waals surface area contributed by atoms with E-state index in [1.165, 1.54) is 18.4 Å². The zero-order valence-corrected chi connectivity index (χ0v) is 15.7. The Morgan fingerprint density at radius 2 is 1.88 bits per heavy atom. The molecule has 0 radical (unpaired) electrons. The molecule has 3 rings (SSSR count). The number of nitrogens with zero attached hydrogens (tertiary/aromatic N) is 1. The van der Waals surface area contributed by atoms with E-state index in [4.69, 9.17) is 4.74 Å². The van der Waals surface area contributed by atoms with Crippen molar-refractivity contribution in [2.45, 2.75) is 57.5 Å². The fraction of sp³-hybridized carbons (Fsp3) is 0.714. The first kappa shape index (κ1) is 17.8. The molecular formula is C21H33NO2. The second-order valence-electron chi connectivity index (χ2n) is 8.55. The van der Waals surface area contributed by atoms with Crippen LogP contribution in [0.3, 0.4) is 0 Å². The molecule has 2 aliphatic carbocycles. The van der Waals surface area contributed by atoms with Crippen LogP contribution in [0.25, 0.3) is 0 Å². The summed E-state index contributed by atoms with van der Waals surface area (Å²) in [5.41, 5.74) is 0.986. The molecule has 2 fully saturated rings. The molecule has 1 aromatic rings. The van der Waals surface area contributed by atoms with Crippen molar-refractivity contribution in [3.05, 3.63) is 29.8 Å². The van der Waals surface area contributed by atoms with Gasteiger partial charge in [-0.1, -0.05) is 26.0 Å². The Labute approximate surface area is 147 Å². The van der Waals surface area contributed by atoms with Crippen LogP contribution in [0, 0.1) is 11.3 Å². The molecule has 2 aliphatic rings. The van der Waals surface area contributed by atoms with Gasteiger partial charge in [-0.2, -0.15) is 0 Å². The summed E-state index contributed by atoms with van der Waals surface area (Å²) in [6, 6.07) is 8.56. The molecule has 0 aromatic heterocycles. The van der Waals surface area contributed by atoms with E-state index in [-0.39, 0.29) is 5.41 Å². The Morgan fingerprint density at radius 3 is 2.54 bits per heavy atom. The van der Waals surface area contributed by atoms with Gasteiger partial charge in [0, 0.05) is 6.54 Å². The summed E-state index contributed by atoms with van der Waals surface area (Å²) in [7, 11) is 4.11. The largest absolute Gasteiger partial charge is 0.492 e. The number of aliphatic hydroxyl groups is 1. The van der Waals surface area contributed by atoms with Crippen LogP contribution in [0.4, 0.5) is 0 Å². The van der Waals surface area contributed by atoms with Crippen LogP contribution < -0.4 is 4.74 Å². The molecule has 0 heterocycles. The molecule has 2 saturated carbocycles. The molecule has 1 N–H and O–H groups in total.